The monoisotopic (exact) mass is 171 g/mol. The van der Waals surface area contributed by atoms with Gasteiger partial charge < -0.3 is 9.12 Å². The average Bonchev–Trinajstić information content (AvgIpc) is 2.31. The zero-order chi connectivity index (χ0) is 8.43. The van der Waals surface area contributed by atoms with E-state index in [4.69, 9.17) is 0 Å². The summed E-state index contributed by atoms with van der Waals surface area (Å²) in [6.07, 6.45) is 4.03. The van der Waals surface area contributed by atoms with Gasteiger partial charge in [0.1, 0.15) is 6.26 Å². The van der Waals surface area contributed by atoms with Crippen LogP contribution in [0.4, 0.5) is 0 Å². The van der Waals surface area contributed by atoms with E-state index in [1.165, 1.54) is 0 Å². The molecule has 0 fully saturated rings. The summed E-state index contributed by atoms with van der Waals surface area (Å²) in [4.78, 5) is 11.0. The first-order chi connectivity index (χ1) is 5.15. The lowest BCUT2D eigenvalue weighted by Gasteiger charge is -1.97. The minimum absolute atomic E-state index is 0.551. The van der Waals surface area contributed by atoms with Crippen molar-refractivity contribution in [3.05, 3.63) is 18.0 Å². The molecule has 0 aliphatic rings. The van der Waals surface area contributed by atoms with E-state index < -0.39 is 11.2 Å². The molecule has 11 heavy (non-hydrogen) atoms. The largest absolute Gasteiger partial charge is 0.612 e. The smallest absolute Gasteiger partial charge is 0.170 e. The van der Waals surface area contributed by atoms with Gasteiger partial charge in [-0.1, -0.05) is 0 Å². The summed E-state index contributed by atoms with van der Waals surface area (Å²) < 4.78 is 12.6. The lowest BCUT2D eigenvalue weighted by atomic mass is 10.5. The highest BCUT2D eigenvalue weighted by Crippen LogP contribution is 2.11. The maximum absolute atomic E-state index is 10.9. The third-order valence-corrected chi connectivity index (χ3v) is 2.36. The van der Waals surface area contributed by atoms with Gasteiger partial charge in [-0.05, 0) is 11.2 Å². The first-order valence-electron chi connectivity index (χ1n) is 3.10. The van der Waals surface area contributed by atoms with Gasteiger partial charge in [-0.25, -0.2) is 0 Å². The standard InChI is InChI=1S/C7H9NO2S/c1-8-4-7(11(2)10)3-6(8)5-9/h3-5H,1-2H3. The van der Waals surface area contributed by atoms with Gasteiger partial charge in [-0.3, -0.25) is 4.79 Å². The summed E-state index contributed by atoms with van der Waals surface area (Å²) in [7, 11) is 1.75. The van der Waals surface area contributed by atoms with E-state index in [9.17, 15) is 9.35 Å². The van der Waals surface area contributed by atoms with Crippen molar-refractivity contribution in [1.29, 1.82) is 0 Å². The predicted octanol–water partition coefficient (Wildman–Crippen LogP) is 0.575. The topological polar surface area (TPSA) is 45.1 Å². The van der Waals surface area contributed by atoms with Gasteiger partial charge in [0.15, 0.2) is 11.2 Å². The van der Waals surface area contributed by atoms with E-state index in [0.717, 1.165) is 6.29 Å². The highest BCUT2D eigenvalue weighted by atomic mass is 32.2. The number of rotatable bonds is 2. The van der Waals surface area contributed by atoms with Crippen LogP contribution in [0, 0.1) is 0 Å². The Balaban J connectivity index is 3.04. The molecule has 1 aromatic rings. The zero-order valence-corrected chi connectivity index (χ0v) is 7.22. The molecule has 0 bridgehead atoms. The van der Waals surface area contributed by atoms with E-state index in [-0.39, 0.29) is 0 Å². The van der Waals surface area contributed by atoms with Gasteiger partial charge in [0.2, 0.25) is 0 Å². The van der Waals surface area contributed by atoms with Crippen LogP contribution < -0.4 is 0 Å². The van der Waals surface area contributed by atoms with Crippen molar-refractivity contribution in [2.45, 2.75) is 4.90 Å². The molecule has 1 heterocycles. The molecule has 0 aliphatic heterocycles. The molecule has 0 saturated heterocycles. The number of hydrogen-bond acceptors (Lipinski definition) is 2. The van der Waals surface area contributed by atoms with Gasteiger partial charge in [0.05, 0.1) is 11.9 Å². The first kappa shape index (κ1) is 8.36. The molecule has 1 atom stereocenters. The molecule has 60 valence electrons. The zero-order valence-electron chi connectivity index (χ0n) is 6.40. The number of carbonyl (C=O) groups excluding carboxylic acids is 1. The van der Waals surface area contributed by atoms with Gasteiger partial charge in [0, 0.05) is 13.1 Å². The second kappa shape index (κ2) is 3.11. The van der Waals surface area contributed by atoms with Crippen LogP contribution in [0.15, 0.2) is 17.2 Å². The van der Waals surface area contributed by atoms with Crippen LogP contribution in [0.1, 0.15) is 10.5 Å². The summed E-state index contributed by atoms with van der Waals surface area (Å²) in [5.41, 5.74) is 0.551. The number of aldehydes is 1. The number of aryl methyl sites for hydroxylation is 1. The molecule has 1 rings (SSSR count). The van der Waals surface area contributed by atoms with Crippen molar-refractivity contribution in [2.24, 2.45) is 7.05 Å². The number of aromatic nitrogens is 1. The third-order valence-electron chi connectivity index (χ3n) is 1.47. The van der Waals surface area contributed by atoms with Gasteiger partial charge in [-0.15, -0.1) is 0 Å². The molecule has 4 heteroatoms. The fraction of sp³-hybridized carbons (Fsp3) is 0.286. The molecule has 0 N–H and O–H groups in total. The van der Waals surface area contributed by atoms with E-state index in [2.05, 4.69) is 0 Å². The van der Waals surface area contributed by atoms with E-state index in [1.54, 1.807) is 30.1 Å². The predicted molar refractivity (Wildman–Crippen MR) is 43.1 cm³/mol. The molecule has 0 spiro atoms. The summed E-state index contributed by atoms with van der Waals surface area (Å²) in [5, 5.41) is 0. The van der Waals surface area contributed by atoms with Crippen LogP contribution in [0.2, 0.25) is 0 Å². The molecule has 0 aromatic carbocycles. The minimum Gasteiger partial charge on any atom is -0.612 e. The van der Waals surface area contributed by atoms with Gasteiger partial charge in [0.25, 0.3) is 0 Å². The molecular weight excluding hydrogens is 162 g/mol. The van der Waals surface area contributed by atoms with E-state index >= 15 is 0 Å². The summed E-state index contributed by atoms with van der Waals surface area (Å²) >= 11 is -1.000. The van der Waals surface area contributed by atoms with Crippen molar-refractivity contribution < 1.29 is 9.35 Å². The highest BCUT2D eigenvalue weighted by molar-refractivity contribution is 7.90. The molecular formula is C7H9NO2S. The average molecular weight is 171 g/mol. The second-order valence-corrected chi connectivity index (χ2v) is 3.66. The van der Waals surface area contributed by atoms with Gasteiger partial charge >= 0.3 is 0 Å². The lowest BCUT2D eigenvalue weighted by Crippen LogP contribution is -1.94. The fourth-order valence-electron chi connectivity index (χ4n) is 0.825. The number of carbonyl (C=O) groups is 1. The van der Waals surface area contributed by atoms with Crippen LogP contribution in [-0.4, -0.2) is 21.7 Å². The Kier molecular flexibility index (Phi) is 2.36. The van der Waals surface area contributed by atoms with E-state index in [0.29, 0.717) is 10.6 Å². The van der Waals surface area contributed by atoms with Crippen molar-refractivity contribution >= 4 is 17.5 Å². The first-order valence-corrected chi connectivity index (χ1v) is 4.66. The number of hydrogen-bond donors (Lipinski definition) is 0. The quantitative estimate of drug-likeness (QED) is 0.482. The van der Waals surface area contributed by atoms with Gasteiger partial charge in [-0.2, -0.15) is 0 Å². The Morgan fingerprint density at radius 2 is 2.36 bits per heavy atom. The summed E-state index contributed by atoms with van der Waals surface area (Å²) in [5.74, 6) is 0. The maximum Gasteiger partial charge on any atom is 0.170 e. The second-order valence-electron chi connectivity index (χ2n) is 2.28. The Morgan fingerprint density at radius 1 is 1.73 bits per heavy atom. The minimum atomic E-state index is -1.000. The fourth-order valence-corrected chi connectivity index (χ4v) is 1.42. The third kappa shape index (κ3) is 1.64. The Hall–Kier alpha value is -0.740. The molecule has 0 amide bonds. The number of nitrogens with zero attached hydrogens (tertiary/aromatic N) is 1. The van der Waals surface area contributed by atoms with Crippen molar-refractivity contribution in [3.8, 4) is 0 Å². The van der Waals surface area contributed by atoms with Crippen molar-refractivity contribution in [1.82, 2.24) is 4.57 Å². The summed E-state index contributed by atoms with van der Waals surface area (Å²) in [6, 6.07) is 1.63. The van der Waals surface area contributed by atoms with Crippen molar-refractivity contribution in [2.75, 3.05) is 6.26 Å². The molecule has 1 aromatic heterocycles. The van der Waals surface area contributed by atoms with Crippen molar-refractivity contribution in [3.63, 3.8) is 0 Å². The molecule has 1 unspecified atom stereocenters. The van der Waals surface area contributed by atoms with Crippen LogP contribution in [0.25, 0.3) is 0 Å². The van der Waals surface area contributed by atoms with Crippen LogP contribution >= 0.6 is 0 Å². The lowest BCUT2D eigenvalue weighted by molar-refractivity contribution is 0.111. The molecule has 0 radical (unpaired) electrons. The maximum atomic E-state index is 10.9. The van der Waals surface area contributed by atoms with Crippen LogP contribution in [0.5, 0.6) is 0 Å². The van der Waals surface area contributed by atoms with Crippen LogP contribution in [0.3, 0.4) is 0 Å². The van der Waals surface area contributed by atoms with Crippen LogP contribution in [-0.2, 0) is 18.2 Å². The normalized spacial score (nSPS) is 13.0. The molecule has 0 aliphatic carbocycles. The highest BCUT2D eigenvalue weighted by Gasteiger charge is 2.08. The Bertz CT molecular complexity index is 267. The summed E-state index contributed by atoms with van der Waals surface area (Å²) in [6.45, 7) is 0. The molecule has 0 saturated carbocycles. The molecule has 3 nitrogen and oxygen atoms in total. The SMILES string of the molecule is Cn1cc([S+](C)[O-])cc1C=O. The Labute approximate surface area is 68.2 Å². The Morgan fingerprint density at radius 3 is 2.64 bits per heavy atom. The van der Waals surface area contributed by atoms with E-state index in [1.807, 2.05) is 0 Å².